The molecule has 32 heavy (non-hydrogen) atoms. The molecule has 0 saturated carbocycles. The zero-order valence-electron chi connectivity index (χ0n) is 19.5. The molecule has 0 atom stereocenters. The summed E-state index contributed by atoms with van der Waals surface area (Å²) in [4.78, 5) is 17.2. The van der Waals surface area contributed by atoms with E-state index >= 15 is 0 Å². The molecule has 1 heterocycles. The first-order valence-electron chi connectivity index (χ1n) is 11.4. The molecule has 0 spiro atoms. The van der Waals surface area contributed by atoms with Crippen molar-refractivity contribution in [1.82, 2.24) is 15.1 Å². The molecule has 2 aromatic carbocycles. The number of ether oxygens (including phenoxy) is 2. The molecule has 0 radical (unpaired) electrons. The fourth-order valence-electron chi connectivity index (χ4n) is 3.77. The Morgan fingerprint density at radius 2 is 1.66 bits per heavy atom. The molecule has 0 unspecified atom stereocenters. The molecular weight excluding hydrogens is 402 g/mol. The monoisotopic (exact) mass is 437 g/mol. The van der Waals surface area contributed by atoms with Crippen LogP contribution in [0, 0.1) is 0 Å². The van der Waals surface area contributed by atoms with Gasteiger partial charge in [0.05, 0.1) is 13.7 Å². The number of nitrogens with zero attached hydrogens (tertiary/aromatic N) is 2. The maximum Gasteiger partial charge on any atom is 0.244 e. The van der Waals surface area contributed by atoms with E-state index in [9.17, 15) is 4.79 Å². The summed E-state index contributed by atoms with van der Waals surface area (Å²) in [5.74, 6) is 1.22. The molecule has 172 valence electrons. The number of likely N-dealkylation sites (N-methyl/N-ethyl adjacent to an activating group) is 1. The highest BCUT2D eigenvalue weighted by Gasteiger charge is 2.15. The van der Waals surface area contributed by atoms with Crippen LogP contribution in [0.1, 0.15) is 30.5 Å². The predicted molar refractivity (Wildman–Crippen MR) is 129 cm³/mol. The van der Waals surface area contributed by atoms with Crippen molar-refractivity contribution in [2.24, 2.45) is 0 Å². The third kappa shape index (κ3) is 7.11. The van der Waals surface area contributed by atoms with Crippen LogP contribution in [0.25, 0.3) is 6.08 Å². The largest absolute Gasteiger partial charge is 0.493 e. The second kappa shape index (κ2) is 12.3. The Hall–Kier alpha value is -2.83. The molecule has 3 rings (SSSR count). The first-order valence-corrected chi connectivity index (χ1v) is 11.4. The van der Waals surface area contributed by atoms with Crippen LogP contribution in [0.4, 0.5) is 0 Å². The van der Waals surface area contributed by atoms with Gasteiger partial charge < -0.3 is 19.7 Å². The van der Waals surface area contributed by atoms with Gasteiger partial charge in [0.1, 0.15) is 0 Å². The minimum Gasteiger partial charge on any atom is -0.493 e. The second-order valence-corrected chi connectivity index (χ2v) is 7.92. The van der Waals surface area contributed by atoms with Crippen LogP contribution in [-0.4, -0.2) is 62.1 Å². The van der Waals surface area contributed by atoms with Gasteiger partial charge in [-0.3, -0.25) is 9.69 Å². The number of benzene rings is 2. The first kappa shape index (κ1) is 23.8. The standard InChI is InChI=1S/C26H35N3O3/c1-4-28-14-16-29(17-15-28)20-23-8-6-22(7-9-23)19-27-26(30)13-11-21-10-12-24(31-3)25(18-21)32-5-2/h6-13,18H,4-5,14-17,19-20H2,1-3H3,(H,27,30)/b13-11+. The lowest BCUT2D eigenvalue weighted by atomic mass is 10.1. The van der Waals surface area contributed by atoms with Crippen LogP contribution in [0.2, 0.25) is 0 Å². The molecule has 1 saturated heterocycles. The summed E-state index contributed by atoms with van der Waals surface area (Å²) in [5.41, 5.74) is 3.29. The number of piperazine rings is 1. The molecular formula is C26H35N3O3. The Balaban J connectivity index is 1.46. The number of methoxy groups -OCH3 is 1. The minimum absolute atomic E-state index is 0.128. The molecule has 1 aliphatic rings. The number of carbonyl (C=O) groups excluding carboxylic acids is 1. The lowest BCUT2D eigenvalue weighted by Crippen LogP contribution is -2.45. The highest BCUT2D eigenvalue weighted by Crippen LogP contribution is 2.28. The topological polar surface area (TPSA) is 54.0 Å². The van der Waals surface area contributed by atoms with Crippen LogP contribution in [0.3, 0.4) is 0 Å². The van der Waals surface area contributed by atoms with Crippen LogP contribution in [0.5, 0.6) is 11.5 Å². The summed E-state index contributed by atoms with van der Waals surface area (Å²) in [6.45, 7) is 11.9. The van der Waals surface area contributed by atoms with Gasteiger partial charge in [-0.1, -0.05) is 37.3 Å². The van der Waals surface area contributed by atoms with Gasteiger partial charge in [-0.15, -0.1) is 0 Å². The van der Waals surface area contributed by atoms with Crippen molar-refractivity contribution in [3.8, 4) is 11.5 Å². The van der Waals surface area contributed by atoms with E-state index in [2.05, 4.69) is 46.3 Å². The van der Waals surface area contributed by atoms with Crippen molar-refractivity contribution in [2.45, 2.75) is 26.9 Å². The zero-order valence-corrected chi connectivity index (χ0v) is 19.5. The third-order valence-corrected chi connectivity index (χ3v) is 5.72. The first-order chi connectivity index (χ1) is 15.6. The molecule has 0 bridgehead atoms. The lowest BCUT2D eigenvalue weighted by Gasteiger charge is -2.34. The fourth-order valence-corrected chi connectivity index (χ4v) is 3.77. The predicted octanol–water partition coefficient (Wildman–Crippen LogP) is 3.56. The van der Waals surface area contributed by atoms with E-state index in [1.807, 2.05) is 25.1 Å². The Morgan fingerprint density at radius 1 is 0.969 bits per heavy atom. The van der Waals surface area contributed by atoms with E-state index in [1.54, 1.807) is 19.3 Å². The number of hydrogen-bond donors (Lipinski definition) is 1. The van der Waals surface area contributed by atoms with Crippen molar-refractivity contribution in [2.75, 3.05) is 46.4 Å². The van der Waals surface area contributed by atoms with Crippen LogP contribution in [-0.2, 0) is 17.9 Å². The van der Waals surface area contributed by atoms with Gasteiger partial charge in [-0.05, 0) is 48.4 Å². The van der Waals surface area contributed by atoms with Gasteiger partial charge in [0.25, 0.3) is 0 Å². The van der Waals surface area contributed by atoms with Crippen LogP contribution >= 0.6 is 0 Å². The number of rotatable bonds is 10. The average molecular weight is 438 g/mol. The average Bonchev–Trinajstić information content (AvgIpc) is 2.83. The summed E-state index contributed by atoms with van der Waals surface area (Å²) >= 11 is 0. The van der Waals surface area contributed by atoms with E-state index in [1.165, 1.54) is 5.56 Å². The number of hydrogen-bond acceptors (Lipinski definition) is 5. The summed E-state index contributed by atoms with van der Waals surface area (Å²) in [7, 11) is 1.61. The van der Waals surface area contributed by atoms with Crippen molar-refractivity contribution < 1.29 is 14.3 Å². The van der Waals surface area contributed by atoms with Gasteiger partial charge in [0.2, 0.25) is 5.91 Å². The summed E-state index contributed by atoms with van der Waals surface area (Å²) in [6, 6.07) is 14.1. The van der Waals surface area contributed by atoms with E-state index in [-0.39, 0.29) is 5.91 Å². The van der Waals surface area contributed by atoms with Crippen LogP contribution in [0.15, 0.2) is 48.5 Å². The Bertz CT molecular complexity index is 888. The van der Waals surface area contributed by atoms with Gasteiger partial charge >= 0.3 is 0 Å². The van der Waals surface area contributed by atoms with Crippen LogP contribution < -0.4 is 14.8 Å². The van der Waals surface area contributed by atoms with Crippen molar-refractivity contribution in [1.29, 1.82) is 0 Å². The second-order valence-electron chi connectivity index (χ2n) is 7.92. The SMILES string of the molecule is CCOc1cc(/C=C/C(=O)NCc2ccc(CN3CCN(CC)CC3)cc2)ccc1OC. The molecule has 0 aromatic heterocycles. The highest BCUT2D eigenvalue weighted by molar-refractivity contribution is 5.91. The molecule has 1 N–H and O–H groups in total. The maximum atomic E-state index is 12.2. The highest BCUT2D eigenvalue weighted by atomic mass is 16.5. The third-order valence-electron chi connectivity index (χ3n) is 5.72. The maximum absolute atomic E-state index is 12.2. The lowest BCUT2D eigenvalue weighted by molar-refractivity contribution is -0.116. The van der Waals surface area contributed by atoms with Crippen molar-refractivity contribution >= 4 is 12.0 Å². The Labute approximate surface area is 191 Å². The van der Waals surface area contributed by atoms with Gasteiger partial charge in [0, 0.05) is 45.3 Å². The molecule has 6 nitrogen and oxygen atoms in total. The Morgan fingerprint density at radius 3 is 2.31 bits per heavy atom. The Kier molecular flexibility index (Phi) is 9.13. The quantitative estimate of drug-likeness (QED) is 0.576. The fraction of sp³-hybridized carbons (Fsp3) is 0.423. The van der Waals surface area contributed by atoms with Gasteiger partial charge in [0.15, 0.2) is 11.5 Å². The van der Waals surface area contributed by atoms with Gasteiger partial charge in [-0.25, -0.2) is 0 Å². The van der Waals surface area contributed by atoms with E-state index < -0.39 is 0 Å². The molecule has 0 aliphatic carbocycles. The van der Waals surface area contributed by atoms with Crippen molar-refractivity contribution in [3.05, 3.63) is 65.2 Å². The molecule has 2 aromatic rings. The minimum atomic E-state index is -0.128. The van der Waals surface area contributed by atoms with E-state index in [0.29, 0.717) is 24.7 Å². The van der Waals surface area contributed by atoms with E-state index in [4.69, 9.17) is 9.47 Å². The zero-order chi connectivity index (χ0) is 22.8. The van der Waals surface area contributed by atoms with E-state index in [0.717, 1.165) is 50.4 Å². The van der Waals surface area contributed by atoms with Gasteiger partial charge in [-0.2, -0.15) is 0 Å². The molecule has 1 aliphatic heterocycles. The summed E-state index contributed by atoms with van der Waals surface area (Å²) < 4.78 is 10.9. The summed E-state index contributed by atoms with van der Waals surface area (Å²) in [5, 5.41) is 2.95. The number of carbonyl (C=O) groups is 1. The number of nitrogens with one attached hydrogen (secondary N) is 1. The smallest absolute Gasteiger partial charge is 0.244 e. The molecule has 1 fully saturated rings. The van der Waals surface area contributed by atoms with Crippen molar-refractivity contribution in [3.63, 3.8) is 0 Å². The normalized spacial score (nSPS) is 15.1. The molecule has 6 heteroatoms. The molecule has 1 amide bonds. The number of amides is 1. The summed E-state index contributed by atoms with van der Waals surface area (Å²) in [6.07, 6.45) is 3.32.